The first-order chi connectivity index (χ1) is 16.0. The van der Waals surface area contributed by atoms with E-state index in [2.05, 4.69) is 0 Å². The molecule has 1 amide bonds. The molecule has 0 radical (unpaired) electrons. The first-order valence-corrected chi connectivity index (χ1v) is 12.7. The van der Waals surface area contributed by atoms with Gasteiger partial charge in [-0.05, 0) is 55.4 Å². The van der Waals surface area contributed by atoms with Crippen molar-refractivity contribution >= 4 is 50.7 Å². The molecule has 1 aliphatic rings. The van der Waals surface area contributed by atoms with Crippen LogP contribution in [0.1, 0.15) is 52.0 Å². The molecular weight excluding hydrogens is 483 g/mol. The maximum absolute atomic E-state index is 13.2. The van der Waals surface area contributed by atoms with Crippen LogP contribution in [-0.4, -0.2) is 30.0 Å². The fraction of sp³-hybridized carbons (Fsp3) is 0.417. The number of halogens is 2. The van der Waals surface area contributed by atoms with Crippen LogP contribution in [0.25, 0.3) is 10.2 Å². The van der Waals surface area contributed by atoms with E-state index in [-0.39, 0.29) is 23.2 Å². The highest BCUT2D eigenvalue weighted by Crippen LogP contribution is 2.33. The quantitative estimate of drug-likeness (QED) is 0.322. The van der Waals surface area contributed by atoms with Crippen molar-refractivity contribution in [1.82, 2.24) is 4.57 Å². The predicted octanol–water partition coefficient (Wildman–Crippen LogP) is 5.08. The van der Waals surface area contributed by atoms with Gasteiger partial charge in [-0.15, -0.1) is 22.9 Å². The summed E-state index contributed by atoms with van der Waals surface area (Å²) in [6.45, 7) is 1.84. The standard InChI is InChI=1S/C24H26Cl2N2O4S/c25-13-19-17(12-15-5-7-16(26)8-6-15)21-22(29)18(23(27)30)14-28(24(21)33-19)9-3-11-32-20-4-1-2-10-31-20/h5-8,14,20H,1-4,9-13H2,(H2,27,30). The summed E-state index contributed by atoms with van der Waals surface area (Å²) in [6, 6.07) is 7.47. The highest BCUT2D eigenvalue weighted by atomic mass is 35.5. The molecule has 6 nitrogen and oxygen atoms in total. The Balaban J connectivity index is 1.65. The molecule has 2 aromatic heterocycles. The normalized spacial score (nSPS) is 16.4. The molecule has 1 unspecified atom stereocenters. The first kappa shape index (κ1) is 24.2. The number of carbonyl (C=O) groups excluding carboxylic acids is 1. The summed E-state index contributed by atoms with van der Waals surface area (Å²) in [5.74, 6) is -0.464. The number of thiophene rings is 1. The largest absolute Gasteiger partial charge is 0.365 e. The summed E-state index contributed by atoms with van der Waals surface area (Å²) in [5, 5.41) is 1.16. The number of aromatic nitrogens is 1. The van der Waals surface area contributed by atoms with E-state index < -0.39 is 5.91 Å². The predicted molar refractivity (Wildman–Crippen MR) is 133 cm³/mol. The fourth-order valence-electron chi connectivity index (χ4n) is 4.08. The van der Waals surface area contributed by atoms with Crippen LogP contribution in [0, 0.1) is 0 Å². The van der Waals surface area contributed by atoms with E-state index >= 15 is 0 Å². The third-order valence-corrected chi connectivity index (χ3v) is 7.70. The Bertz CT molecular complexity index is 1180. The number of hydrogen-bond donors (Lipinski definition) is 1. The minimum atomic E-state index is -0.737. The Kier molecular flexibility index (Phi) is 8.09. The second-order valence-corrected chi connectivity index (χ2v) is 9.86. The molecule has 9 heteroatoms. The van der Waals surface area contributed by atoms with E-state index in [0.29, 0.717) is 36.4 Å². The number of rotatable bonds is 9. The SMILES string of the molecule is NC(=O)c1cn(CCCOC2CCCCO2)c2sc(CCl)c(Cc3ccc(Cl)cc3)c2c1=O. The average molecular weight is 509 g/mol. The smallest absolute Gasteiger partial charge is 0.254 e. The van der Waals surface area contributed by atoms with Gasteiger partial charge in [0.05, 0.1) is 17.9 Å². The molecule has 176 valence electrons. The highest BCUT2D eigenvalue weighted by molar-refractivity contribution is 7.19. The van der Waals surface area contributed by atoms with E-state index in [4.69, 9.17) is 38.4 Å². The number of carbonyl (C=O) groups is 1. The Hall–Kier alpha value is -1.90. The lowest BCUT2D eigenvalue weighted by atomic mass is 10.0. The Morgan fingerprint density at radius 2 is 2.06 bits per heavy atom. The van der Waals surface area contributed by atoms with Crippen molar-refractivity contribution in [3.8, 4) is 0 Å². The monoisotopic (exact) mass is 508 g/mol. The third kappa shape index (κ3) is 5.61. The van der Waals surface area contributed by atoms with Gasteiger partial charge in [-0.2, -0.15) is 0 Å². The van der Waals surface area contributed by atoms with Crippen molar-refractivity contribution < 1.29 is 14.3 Å². The number of hydrogen-bond acceptors (Lipinski definition) is 5. The van der Waals surface area contributed by atoms with Crippen molar-refractivity contribution in [2.75, 3.05) is 13.2 Å². The summed E-state index contributed by atoms with van der Waals surface area (Å²) >= 11 is 13.8. The molecule has 1 atom stereocenters. The first-order valence-electron chi connectivity index (χ1n) is 11.0. The van der Waals surface area contributed by atoms with Crippen LogP contribution in [0.4, 0.5) is 0 Å². The van der Waals surface area contributed by atoms with E-state index in [1.165, 1.54) is 11.3 Å². The van der Waals surface area contributed by atoms with Crippen LogP contribution in [-0.2, 0) is 28.3 Å². The maximum atomic E-state index is 13.2. The van der Waals surface area contributed by atoms with E-state index in [1.54, 1.807) is 6.20 Å². The van der Waals surface area contributed by atoms with Gasteiger partial charge in [0.25, 0.3) is 5.91 Å². The number of nitrogens with two attached hydrogens (primary N) is 1. The summed E-state index contributed by atoms with van der Waals surface area (Å²) in [4.78, 5) is 27.0. The van der Waals surface area contributed by atoms with Crippen LogP contribution in [0.15, 0.2) is 35.3 Å². The van der Waals surface area contributed by atoms with Crippen LogP contribution < -0.4 is 11.2 Å². The van der Waals surface area contributed by atoms with Crippen LogP contribution >= 0.6 is 34.5 Å². The number of alkyl halides is 1. The van der Waals surface area contributed by atoms with Gasteiger partial charge in [-0.1, -0.05) is 23.7 Å². The molecule has 3 heterocycles. The van der Waals surface area contributed by atoms with Crippen LogP contribution in [0.5, 0.6) is 0 Å². The number of nitrogens with zero attached hydrogens (tertiary/aromatic N) is 1. The molecule has 0 spiro atoms. The number of ether oxygens (including phenoxy) is 2. The van der Waals surface area contributed by atoms with Crippen molar-refractivity contribution in [3.63, 3.8) is 0 Å². The maximum Gasteiger partial charge on any atom is 0.254 e. The van der Waals surface area contributed by atoms with Gasteiger partial charge in [-0.25, -0.2) is 0 Å². The number of benzene rings is 1. The Labute approximate surface area is 206 Å². The summed E-state index contributed by atoms with van der Waals surface area (Å²) < 4.78 is 13.4. The van der Waals surface area contributed by atoms with Gasteiger partial charge in [0.2, 0.25) is 5.43 Å². The minimum Gasteiger partial charge on any atom is -0.365 e. The molecule has 0 aliphatic carbocycles. The fourth-order valence-corrected chi connectivity index (χ4v) is 5.69. The number of fused-ring (bicyclic) bond motifs is 1. The molecular formula is C24H26Cl2N2O4S. The second-order valence-electron chi connectivity index (χ2n) is 8.07. The van der Waals surface area contributed by atoms with Gasteiger partial charge in [-0.3, -0.25) is 9.59 Å². The number of primary amides is 1. The zero-order valence-electron chi connectivity index (χ0n) is 18.1. The molecule has 33 heavy (non-hydrogen) atoms. The number of pyridine rings is 1. The number of amides is 1. The second kappa shape index (κ2) is 11.0. The van der Waals surface area contributed by atoms with Gasteiger partial charge >= 0.3 is 0 Å². The molecule has 4 rings (SSSR count). The third-order valence-electron chi connectivity index (χ3n) is 5.76. The zero-order valence-corrected chi connectivity index (χ0v) is 20.5. The van der Waals surface area contributed by atoms with E-state index in [0.717, 1.165) is 46.7 Å². The van der Waals surface area contributed by atoms with Gasteiger partial charge in [0.1, 0.15) is 10.4 Å². The van der Waals surface area contributed by atoms with Crippen LogP contribution in [0.2, 0.25) is 5.02 Å². The molecule has 0 bridgehead atoms. The van der Waals surface area contributed by atoms with Crippen LogP contribution in [0.3, 0.4) is 0 Å². The minimum absolute atomic E-state index is 0.0182. The molecule has 1 saturated heterocycles. The van der Waals surface area contributed by atoms with Gasteiger partial charge in [0, 0.05) is 29.2 Å². The average Bonchev–Trinajstić information content (AvgIpc) is 3.19. The lowest BCUT2D eigenvalue weighted by molar-refractivity contribution is -0.162. The zero-order chi connectivity index (χ0) is 23.4. The van der Waals surface area contributed by atoms with Crippen molar-refractivity contribution in [2.24, 2.45) is 5.73 Å². The molecule has 2 N–H and O–H groups in total. The molecule has 1 aliphatic heterocycles. The topological polar surface area (TPSA) is 83.6 Å². The molecule has 3 aromatic rings. The van der Waals surface area contributed by atoms with E-state index in [9.17, 15) is 9.59 Å². The van der Waals surface area contributed by atoms with Crippen molar-refractivity contribution in [3.05, 3.63) is 67.3 Å². The van der Waals surface area contributed by atoms with Crippen molar-refractivity contribution in [2.45, 2.75) is 50.8 Å². The summed E-state index contributed by atoms with van der Waals surface area (Å²) in [6.07, 6.45) is 5.72. The summed E-state index contributed by atoms with van der Waals surface area (Å²) in [5.41, 5.74) is 7.02. The van der Waals surface area contributed by atoms with E-state index in [1.807, 2.05) is 28.8 Å². The lowest BCUT2D eigenvalue weighted by Gasteiger charge is -2.22. The molecule has 0 saturated carbocycles. The summed E-state index contributed by atoms with van der Waals surface area (Å²) in [7, 11) is 0. The molecule has 1 fully saturated rings. The Morgan fingerprint density at radius 1 is 1.27 bits per heavy atom. The van der Waals surface area contributed by atoms with Crippen molar-refractivity contribution in [1.29, 1.82) is 0 Å². The Morgan fingerprint density at radius 3 is 2.73 bits per heavy atom. The lowest BCUT2D eigenvalue weighted by Crippen LogP contribution is -2.25. The van der Waals surface area contributed by atoms with Gasteiger partial charge in [0.15, 0.2) is 6.29 Å². The number of aryl methyl sites for hydroxylation is 1. The highest BCUT2D eigenvalue weighted by Gasteiger charge is 2.22. The van der Waals surface area contributed by atoms with Gasteiger partial charge < -0.3 is 19.8 Å². The molecule has 1 aromatic carbocycles.